The minimum Gasteiger partial charge on any atom is -0.507 e. The summed E-state index contributed by atoms with van der Waals surface area (Å²) >= 11 is 0. The van der Waals surface area contributed by atoms with Crippen LogP contribution in [0, 0.1) is 0 Å². The predicted octanol–water partition coefficient (Wildman–Crippen LogP) is 3.20. The van der Waals surface area contributed by atoms with Crippen LogP contribution in [0.5, 0.6) is 5.75 Å². The van der Waals surface area contributed by atoms with Gasteiger partial charge in [0.2, 0.25) is 0 Å². The van der Waals surface area contributed by atoms with Gasteiger partial charge in [-0.1, -0.05) is 36.4 Å². The maximum Gasteiger partial charge on any atom is 0.339 e. The second-order valence-electron chi connectivity index (χ2n) is 5.95. The third kappa shape index (κ3) is 2.26. The molecular formula is C19H14N2O5. The highest BCUT2D eigenvalue weighted by atomic mass is 16.5. The lowest BCUT2D eigenvalue weighted by Crippen LogP contribution is -2.40. The van der Waals surface area contributed by atoms with Crippen LogP contribution in [-0.2, 0) is 0 Å². The molecule has 1 atom stereocenters. The molecule has 0 saturated carbocycles. The summed E-state index contributed by atoms with van der Waals surface area (Å²) in [5.74, 6) is -2.45. The van der Waals surface area contributed by atoms with Gasteiger partial charge in [0.25, 0.3) is 5.91 Å². The summed E-state index contributed by atoms with van der Waals surface area (Å²) in [6.07, 6.45) is -1.14. The number of benzene rings is 3. The number of amides is 1. The zero-order chi connectivity index (χ0) is 18.4. The summed E-state index contributed by atoms with van der Waals surface area (Å²) in [6.45, 7) is 0. The molecule has 1 amide bonds. The van der Waals surface area contributed by atoms with Crippen molar-refractivity contribution < 1.29 is 25.0 Å². The summed E-state index contributed by atoms with van der Waals surface area (Å²) in [4.78, 5) is 24.0. The smallest absolute Gasteiger partial charge is 0.339 e. The van der Waals surface area contributed by atoms with Gasteiger partial charge < -0.3 is 15.5 Å². The fourth-order valence-corrected chi connectivity index (χ4v) is 3.24. The van der Waals surface area contributed by atoms with Gasteiger partial charge in [0.1, 0.15) is 11.3 Å². The molecule has 0 aromatic heterocycles. The van der Waals surface area contributed by atoms with Crippen molar-refractivity contribution in [2.45, 2.75) is 6.17 Å². The molecular weight excluding hydrogens is 336 g/mol. The number of hydrogen-bond donors (Lipinski definition) is 4. The van der Waals surface area contributed by atoms with Crippen LogP contribution in [0.1, 0.15) is 32.4 Å². The van der Waals surface area contributed by atoms with E-state index in [0.717, 1.165) is 0 Å². The Kier molecular flexibility index (Phi) is 3.52. The van der Waals surface area contributed by atoms with E-state index in [9.17, 15) is 25.0 Å². The van der Waals surface area contributed by atoms with E-state index < -0.39 is 23.8 Å². The first kappa shape index (κ1) is 15.9. The van der Waals surface area contributed by atoms with E-state index >= 15 is 0 Å². The van der Waals surface area contributed by atoms with Gasteiger partial charge in [-0.05, 0) is 29.0 Å². The van der Waals surface area contributed by atoms with Crippen LogP contribution < -0.4 is 5.32 Å². The van der Waals surface area contributed by atoms with E-state index in [4.69, 9.17) is 0 Å². The van der Waals surface area contributed by atoms with Crippen molar-refractivity contribution in [1.82, 2.24) is 5.06 Å². The van der Waals surface area contributed by atoms with Crippen LogP contribution in [0.25, 0.3) is 10.8 Å². The highest BCUT2D eigenvalue weighted by molar-refractivity contribution is 6.03. The molecule has 4 N–H and O–H groups in total. The first-order valence-electron chi connectivity index (χ1n) is 7.85. The number of nitrogens with zero attached hydrogens (tertiary/aromatic N) is 1. The van der Waals surface area contributed by atoms with Gasteiger partial charge >= 0.3 is 5.97 Å². The van der Waals surface area contributed by atoms with Gasteiger partial charge in [-0.25, -0.2) is 4.79 Å². The first-order chi connectivity index (χ1) is 12.5. The van der Waals surface area contributed by atoms with E-state index in [2.05, 4.69) is 5.32 Å². The summed E-state index contributed by atoms with van der Waals surface area (Å²) in [5, 5.41) is 35.0. The number of anilines is 1. The molecule has 1 aliphatic rings. The molecule has 4 rings (SSSR count). The monoisotopic (exact) mass is 350 g/mol. The SMILES string of the molecule is O=C(O)c1cc2ccccc2c([C@@H]2Nc3ccccc3C(=O)N2O)c1O. The lowest BCUT2D eigenvalue weighted by atomic mass is 9.95. The Bertz CT molecular complexity index is 1060. The maximum atomic E-state index is 12.5. The van der Waals surface area contributed by atoms with Gasteiger partial charge in [-0.2, -0.15) is 5.06 Å². The molecule has 0 spiro atoms. The summed E-state index contributed by atoms with van der Waals surface area (Å²) in [5.41, 5.74) is 0.576. The summed E-state index contributed by atoms with van der Waals surface area (Å²) < 4.78 is 0. The molecule has 3 aromatic carbocycles. The number of carboxylic acid groups (broad SMARTS) is 1. The van der Waals surface area contributed by atoms with Gasteiger partial charge in [0, 0.05) is 11.3 Å². The number of hydroxylamine groups is 2. The number of carbonyl (C=O) groups excluding carboxylic acids is 1. The summed E-state index contributed by atoms with van der Waals surface area (Å²) in [7, 11) is 0. The van der Waals surface area contributed by atoms with Crippen LogP contribution in [0.4, 0.5) is 5.69 Å². The standard InChI is InChI=1S/C19H14N2O5/c22-16-13(19(24)25)9-10-5-1-2-6-11(10)15(16)17-20-14-8-4-3-7-12(14)18(23)21(17)26/h1-9,17,20,22,26H,(H,24,25)/t17-/m1/s1. The van der Waals surface area contributed by atoms with Crippen molar-refractivity contribution in [2.75, 3.05) is 5.32 Å². The average molecular weight is 350 g/mol. The van der Waals surface area contributed by atoms with Crippen molar-refractivity contribution in [3.05, 3.63) is 71.3 Å². The number of phenols is 1. The van der Waals surface area contributed by atoms with E-state index in [-0.39, 0.29) is 16.7 Å². The lowest BCUT2D eigenvalue weighted by molar-refractivity contribution is -0.0851. The molecule has 3 aromatic rings. The molecule has 1 aliphatic heterocycles. The molecule has 0 bridgehead atoms. The Morgan fingerprint density at radius 1 is 1.08 bits per heavy atom. The fourth-order valence-electron chi connectivity index (χ4n) is 3.24. The van der Waals surface area contributed by atoms with Gasteiger partial charge in [0.05, 0.1) is 5.56 Å². The minimum atomic E-state index is -1.30. The third-order valence-electron chi connectivity index (χ3n) is 4.47. The normalized spacial score (nSPS) is 16.3. The quantitative estimate of drug-likeness (QED) is 0.528. The van der Waals surface area contributed by atoms with Crippen molar-refractivity contribution in [1.29, 1.82) is 0 Å². The van der Waals surface area contributed by atoms with E-state index in [0.29, 0.717) is 21.5 Å². The number of fused-ring (bicyclic) bond motifs is 2. The van der Waals surface area contributed by atoms with Gasteiger partial charge in [-0.3, -0.25) is 10.0 Å². The molecule has 0 radical (unpaired) electrons. The Morgan fingerprint density at radius 3 is 2.54 bits per heavy atom. The second-order valence-corrected chi connectivity index (χ2v) is 5.95. The van der Waals surface area contributed by atoms with E-state index in [1.165, 1.54) is 6.07 Å². The Labute approximate surface area is 147 Å². The Hall–Kier alpha value is -3.58. The molecule has 130 valence electrons. The maximum absolute atomic E-state index is 12.5. The van der Waals surface area contributed by atoms with Crippen LogP contribution in [0.3, 0.4) is 0 Å². The van der Waals surface area contributed by atoms with Crippen LogP contribution in [0.2, 0.25) is 0 Å². The molecule has 7 nitrogen and oxygen atoms in total. The average Bonchev–Trinajstić information content (AvgIpc) is 2.64. The van der Waals surface area contributed by atoms with Gasteiger partial charge in [-0.15, -0.1) is 0 Å². The molecule has 0 unspecified atom stereocenters. The molecule has 0 fully saturated rings. The number of aromatic carboxylic acids is 1. The largest absolute Gasteiger partial charge is 0.507 e. The number of aromatic hydroxyl groups is 1. The van der Waals surface area contributed by atoms with Crippen molar-refractivity contribution in [2.24, 2.45) is 0 Å². The highest BCUT2D eigenvalue weighted by Gasteiger charge is 2.35. The molecule has 0 saturated heterocycles. The number of carbonyl (C=O) groups is 2. The van der Waals surface area contributed by atoms with E-state index in [1.807, 2.05) is 0 Å². The number of para-hydroxylation sites is 1. The fraction of sp³-hybridized carbons (Fsp3) is 0.0526. The molecule has 0 aliphatic carbocycles. The Balaban J connectivity index is 1.98. The van der Waals surface area contributed by atoms with E-state index in [1.54, 1.807) is 48.5 Å². The van der Waals surface area contributed by atoms with Crippen molar-refractivity contribution >= 4 is 28.3 Å². The van der Waals surface area contributed by atoms with Crippen LogP contribution >= 0.6 is 0 Å². The van der Waals surface area contributed by atoms with Crippen LogP contribution in [-0.4, -0.2) is 32.4 Å². The number of carboxylic acids is 1. The summed E-state index contributed by atoms with van der Waals surface area (Å²) in [6, 6.07) is 14.9. The third-order valence-corrected chi connectivity index (χ3v) is 4.47. The highest BCUT2D eigenvalue weighted by Crippen LogP contribution is 2.41. The van der Waals surface area contributed by atoms with Crippen LogP contribution in [0.15, 0.2) is 54.6 Å². The van der Waals surface area contributed by atoms with Crippen molar-refractivity contribution in [3.63, 3.8) is 0 Å². The van der Waals surface area contributed by atoms with Crippen molar-refractivity contribution in [3.8, 4) is 5.75 Å². The molecule has 1 heterocycles. The first-order valence-corrected chi connectivity index (χ1v) is 7.85. The number of rotatable bonds is 2. The number of nitrogens with one attached hydrogen (secondary N) is 1. The zero-order valence-corrected chi connectivity index (χ0v) is 13.4. The topological polar surface area (TPSA) is 110 Å². The number of hydrogen-bond acceptors (Lipinski definition) is 5. The predicted molar refractivity (Wildman–Crippen MR) is 93.3 cm³/mol. The lowest BCUT2D eigenvalue weighted by Gasteiger charge is -2.34. The molecule has 7 heteroatoms. The van der Waals surface area contributed by atoms with Gasteiger partial charge in [0.15, 0.2) is 6.17 Å². The zero-order valence-electron chi connectivity index (χ0n) is 13.4. The molecule has 26 heavy (non-hydrogen) atoms. The second kappa shape index (κ2) is 5.75. The minimum absolute atomic E-state index is 0.117. The Morgan fingerprint density at radius 2 is 1.77 bits per heavy atom.